The van der Waals surface area contributed by atoms with E-state index in [0.29, 0.717) is 0 Å². The minimum absolute atomic E-state index is 0.0218. The summed E-state index contributed by atoms with van der Waals surface area (Å²) >= 11 is 0. The van der Waals surface area contributed by atoms with Gasteiger partial charge >= 0.3 is 0 Å². The number of hydrogen-bond acceptors (Lipinski definition) is 0. The Morgan fingerprint density at radius 1 is 1.12 bits per heavy atom. The fourth-order valence-electron chi connectivity index (χ4n) is 3.16. The molecule has 94 valence electrons. The topological polar surface area (TPSA) is 0 Å². The summed E-state index contributed by atoms with van der Waals surface area (Å²) in [7, 11) is 12.7. The third-order valence-corrected chi connectivity index (χ3v) is 4.96. The molecule has 0 nitrogen and oxygen atoms in total. The van der Waals surface area contributed by atoms with Crippen LogP contribution in [0.1, 0.15) is 66.7 Å². The zero-order valence-corrected chi connectivity index (χ0v) is 12.4. The Labute approximate surface area is 111 Å². The van der Waals surface area contributed by atoms with E-state index in [1.54, 1.807) is 0 Å². The van der Waals surface area contributed by atoms with Gasteiger partial charge in [0.15, 0.2) is 0 Å². The van der Waals surface area contributed by atoms with E-state index < -0.39 is 5.21 Å². The van der Waals surface area contributed by atoms with E-state index in [4.69, 9.17) is 15.7 Å². The molecule has 1 rings (SSSR count). The fraction of sp³-hybridized carbons (Fsp3) is 1.00. The van der Waals surface area contributed by atoms with Crippen molar-refractivity contribution >= 4 is 15.7 Å². The average molecular weight is 230 g/mol. The van der Waals surface area contributed by atoms with Gasteiger partial charge in [-0.1, -0.05) is 65.5 Å². The van der Waals surface area contributed by atoms with Crippen LogP contribution in [0, 0.1) is 23.2 Å². The minimum atomic E-state index is -0.539. The molecule has 1 aliphatic rings. The van der Waals surface area contributed by atoms with Gasteiger partial charge in [0.05, 0.1) is 15.7 Å². The van der Waals surface area contributed by atoms with Crippen LogP contribution in [0.25, 0.3) is 0 Å². The average Bonchev–Trinajstić information content (AvgIpc) is 2.48. The number of hydrogen-bond donors (Lipinski definition) is 0. The molecule has 0 spiro atoms. The molecule has 3 atom stereocenters. The molecule has 1 fully saturated rings. The molecule has 0 aromatic rings. The Morgan fingerprint density at radius 2 is 1.71 bits per heavy atom. The van der Waals surface area contributed by atoms with Gasteiger partial charge in [0.1, 0.15) is 0 Å². The largest absolute Gasteiger partial charge is 0.0940 e. The first kappa shape index (κ1) is 15.2. The van der Waals surface area contributed by atoms with Crippen molar-refractivity contribution in [2.24, 2.45) is 23.2 Å². The molecule has 1 saturated carbocycles. The van der Waals surface area contributed by atoms with E-state index in [-0.39, 0.29) is 5.41 Å². The molecule has 0 N–H and O–H groups in total. The normalized spacial score (nSPS) is 30.8. The summed E-state index contributed by atoms with van der Waals surface area (Å²) in [4.78, 5) is 0. The van der Waals surface area contributed by atoms with Crippen molar-refractivity contribution in [3.63, 3.8) is 0 Å². The first-order valence-corrected chi connectivity index (χ1v) is 7.27. The predicted octanol–water partition coefficient (Wildman–Crippen LogP) is 4.34. The van der Waals surface area contributed by atoms with Crippen LogP contribution >= 0.6 is 0 Å². The van der Waals surface area contributed by atoms with E-state index in [1.807, 2.05) is 0 Å². The van der Waals surface area contributed by atoms with E-state index in [0.717, 1.165) is 24.2 Å². The Hall–Kier alpha value is 0.130. The lowest BCUT2D eigenvalue weighted by atomic mass is 9.40. The second kappa shape index (κ2) is 5.41. The Morgan fingerprint density at radius 3 is 2.18 bits per heavy atom. The van der Waals surface area contributed by atoms with Crippen LogP contribution < -0.4 is 0 Å². The summed E-state index contributed by atoms with van der Waals surface area (Å²) in [5.41, 5.74) is -0.0218. The smallest absolute Gasteiger partial charge is 0.0627 e. The van der Waals surface area contributed by atoms with Crippen molar-refractivity contribution in [3.8, 4) is 0 Å². The van der Waals surface area contributed by atoms with Gasteiger partial charge in [-0.15, -0.1) is 0 Å². The molecular formula is C15H28B2. The molecule has 0 bridgehead atoms. The molecule has 0 heterocycles. The van der Waals surface area contributed by atoms with Gasteiger partial charge < -0.3 is 0 Å². The second-order valence-corrected chi connectivity index (χ2v) is 7.26. The highest BCUT2D eigenvalue weighted by Crippen LogP contribution is 2.51. The highest BCUT2D eigenvalue weighted by atomic mass is 14.4. The van der Waals surface area contributed by atoms with E-state index in [9.17, 15) is 0 Å². The van der Waals surface area contributed by atoms with E-state index in [1.165, 1.54) is 25.7 Å². The van der Waals surface area contributed by atoms with Gasteiger partial charge in [0.25, 0.3) is 0 Å². The molecule has 0 aromatic carbocycles. The van der Waals surface area contributed by atoms with Crippen LogP contribution in [0.5, 0.6) is 0 Å². The van der Waals surface area contributed by atoms with Crippen LogP contribution in [-0.4, -0.2) is 15.7 Å². The SMILES string of the molecule is [B]C([B])(CC1C(C)CCC1CCC)C(C)(C)C. The summed E-state index contributed by atoms with van der Waals surface area (Å²) < 4.78 is 0. The zero-order valence-electron chi connectivity index (χ0n) is 12.4. The van der Waals surface area contributed by atoms with Crippen LogP contribution in [0.2, 0.25) is 5.21 Å². The van der Waals surface area contributed by atoms with Crippen LogP contribution in [0.15, 0.2) is 0 Å². The van der Waals surface area contributed by atoms with E-state index >= 15 is 0 Å². The molecule has 0 saturated heterocycles. The van der Waals surface area contributed by atoms with E-state index in [2.05, 4.69) is 34.6 Å². The lowest BCUT2D eigenvalue weighted by molar-refractivity contribution is 0.222. The summed E-state index contributed by atoms with van der Waals surface area (Å²) in [6.45, 7) is 11.1. The van der Waals surface area contributed by atoms with Crippen molar-refractivity contribution in [2.45, 2.75) is 71.9 Å². The molecule has 17 heavy (non-hydrogen) atoms. The maximum Gasteiger partial charge on any atom is 0.0627 e. The number of rotatable bonds is 4. The molecule has 0 aliphatic heterocycles. The maximum atomic E-state index is 6.37. The molecule has 3 unspecified atom stereocenters. The zero-order chi connectivity index (χ0) is 13.3. The summed E-state index contributed by atoms with van der Waals surface area (Å²) in [5.74, 6) is 2.37. The standard InChI is InChI=1S/C15H28B2/c1-6-7-12-9-8-11(2)13(12)10-15(16,17)14(3,4)5/h11-13H,6-10H2,1-5H3. The first-order valence-electron chi connectivity index (χ1n) is 7.27. The maximum absolute atomic E-state index is 6.37. The third kappa shape index (κ3) is 3.55. The van der Waals surface area contributed by atoms with Gasteiger partial charge in [-0.25, -0.2) is 0 Å². The molecule has 0 amide bonds. The van der Waals surface area contributed by atoms with Gasteiger partial charge in [-0.05, 0) is 29.6 Å². The van der Waals surface area contributed by atoms with Crippen molar-refractivity contribution in [1.29, 1.82) is 0 Å². The fourth-order valence-corrected chi connectivity index (χ4v) is 3.16. The third-order valence-electron chi connectivity index (χ3n) is 4.96. The predicted molar refractivity (Wildman–Crippen MR) is 78.6 cm³/mol. The Bertz CT molecular complexity index is 238. The highest BCUT2D eigenvalue weighted by Gasteiger charge is 2.40. The summed E-state index contributed by atoms with van der Waals surface area (Å²) in [5, 5.41) is -0.539. The Balaban J connectivity index is 2.71. The van der Waals surface area contributed by atoms with Crippen LogP contribution in [-0.2, 0) is 0 Å². The molecule has 1 aliphatic carbocycles. The summed E-state index contributed by atoms with van der Waals surface area (Å²) in [6.07, 6.45) is 6.33. The minimum Gasteiger partial charge on any atom is -0.0940 e. The molecule has 4 radical (unpaired) electrons. The molecular weight excluding hydrogens is 202 g/mol. The molecule has 0 aromatic heterocycles. The quantitative estimate of drug-likeness (QED) is 0.630. The van der Waals surface area contributed by atoms with Crippen molar-refractivity contribution < 1.29 is 0 Å². The summed E-state index contributed by atoms with van der Waals surface area (Å²) in [6, 6.07) is 0. The first-order chi connectivity index (χ1) is 7.69. The van der Waals surface area contributed by atoms with Gasteiger partial charge in [-0.2, -0.15) is 0 Å². The lowest BCUT2D eigenvalue weighted by Crippen LogP contribution is -2.34. The Kier molecular flexibility index (Phi) is 4.83. The van der Waals surface area contributed by atoms with Gasteiger partial charge in [0.2, 0.25) is 0 Å². The molecule has 2 heteroatoms. The van der Waals surface area contributed by atoms with Crippen LogP contribution in [0.4, 0.5) is 0 Å². The highest BCUT2D eigenvalue weighted by molar-refractivity contribution is 6.40. The van der Waals surface area contributed by atoms with Gasteiger partial charge in [0, 0.05) is 0 Å². The van der Waals surface area contributed by atoms with Crippen molar-refractivity contribution in [1.82, 2.24) is 0 Å². The second-order valence-electron chi connectivity index (χ2n) is 7.26. The van der Waals surface area contributed by atoms with Crippen LogP contribution in [0.3, 0.4) is 0 Å². The van der Waals surface area contributed by atoms with Crippen molar-refractivity contribution in [3.05, 3.63) is 0 Å². The van der Waals surface area contributed by atoms with Gasteiger partial charge in [-0.3, -0.25) is 0 Å². The lowest BCUT2D eigenvalue weighted by Gasteiger charge is -2.44. The van der Waals surface area contributed by atoms with Crippen molar-refractivity contribution in [2.75, 3.05) is 0 Å². The monoisotopic (exact) mass is 230 g/mol.